The van der Waals surface area contributed by atoms with Crippen molar-refractivity contribution >= 4 is 44.0 Å². The van der Waals surface area contributed by atoms with Gasteiger partial charge >= 0.3 is 5.91 Å². The first-order chi connectivity index (χ1) is 17.3. The molecule has 0 atom stereocenters. The molecular weight excluding hydrogens is 594 g/mol. The van der Waals surface area contributed by atoms with Crippen molar-refractivity contribution in [1.29, 1.82) is 0 Å². The first-order valence-corrected chi connectivity index (χ1v) is 12.4. The Hall–Kier alpha value is -3.50. The Kier molecular flexibility index (Phi) is 7.85. The van der Waals surface area contributed by atoms with Crippen LogP contribution in [0.2, 0.25) is 0 Å². The number of hydrazone groups is 1. The zero-order chi connectivity index (χ0) is 25.8. The number of phenols is 1. The lowest BCUT2D eigenvalue weighted by Gasteiger charge is -2.10. The predicted octanol–water partition coefficient (Wildman–Crippen LogP) is 6.27. The number of nitrogens with one attached hydrogen (secondary N) is 1. The first kappa shape index (κ1) is 25.6. The number of carbonyl (C=O) groups excluding carboxylic acids is 1. The molecule has 0 saturated carbocycles. The van der Waals surface area contributed by atoms with Crippen molar-refractivity contribution in [2.45, 2.75) is 20.5 Å². The van der Waals surface area contributed by atoms with E-state index in [4.69, 9.17) is 13.9 Å². The number of amides is 1. The number of aromatic nitrogens is 1. The summed E-state index contributed by atoms with van der Waals surface area (Å²) in [6.07, 6.45) is 1.42. The maximum atomic E-state index is 12.4. The van der Waals surface area contributed by atoms with Gasteiger partial charge < -0.3 is 23.6 Å². The van der Waals surface area contributed by atoms with Crippen LogP contribution < -0.4 is 14.9 Å². The van der Waals surface area contributed by atoms with Crippen LogP contribution in [-0.4, -0.2) is 28.9 Å². The number of hydrogen-bond donors (Lipinski definition) is 2. The number of aromatic hydroxyl groups is 1. The molecule has 8 nitrogen and oxygen atoms in total. The second-order valence-corrected chi connectivity index (χ2v) is 9.43. The highest BCUT2D eigenvalue weighted by molar-refractivity contribution is 9.13. The van der Waals surface area contributed by atoms with Crippen molar-refractivity contribution in [2.24, 2.45) is 5.10 Å². The summed E-state index contributed by atoms with van der Waals surface area (Å²) >= 11 is 6.64. The van der Waals surface area contributed by atoms with Crippen molar-refractivity contribution in [3.05, 3.63) is 92.0 Å². The summed E-state index contributed by atoms with van der Waals surface area (Å²) in [5.74, 6) is 0.994. The van der Waals surface area contributed by atoms with Crippen LogP contribution in [0.25, 0.3) is 5.69 Å². The molecule has 4 rings (SSSR count). The van der Waals surface area contributed by atoms with E-state index < -0.39 is 5.91 Å². The average molecular weight is 617 g/mol. The molecule has 0 aliphatic rings. The third-order valence-electron chi connectivity index (χ3n) is 5.40. The van der Waals surface area contributed by atoms with Gasteiger partial charge in [-0.05, 0) is 100 Å². The Morgan fingerprint density at radius 3 is 2.44 bits per heavy atom. The zero-order valence-corrected chi connectivity index (χ0v) is 22.9. The van der Waals surface area contributed by atoms with E-state index in [1.807, 2.05) is 24.3 Å². The fourth-order valence-corrected chi connectivity index (χ4v) is 4.40. The van der Waals surface area contributed by atoms with E-state index in [0.29, 0.717) is 26.0 Å². The molecule has 1 amide bonds. The smallest absolute Gasteiger partial charge is 0.307 e. The zero-order valence-electron chi connectivity index (χ0n) is 19.7. The molecule has 186 valence electrons. The lowest BCUT2D eigenvalue weighted by atomic mass is 10.2. The summed E-state index contributed by atoms with van der Waals surface area (Å²) in [5.41, 5.74) is 6.38. The summed E-state index contributed by atoms with van der Waals surface area (Å²) in [7, 11) is 1.44. The third-order valence-corrected chi connectivity index (χ3v) is 7.55. The number of aryl methyl sites for hydroxylation is 2. The highest BCUT2D eigenvalue weighted by atomic mass is 79.9. The standard InChI is InChI=1S/C26H23Br2N3O5/c1-15-4-5-16(2)31(15)18-6-8-19(9-7-18)35-14-20-10-11-21(36-20)26(33)30-29-13-17-12-22(34-3)25(32)24(28)23(17)27/h4-13,32H,14H2,1-3H3,(H,30,33)/b29-13+. The molecule has 2 N–H and O–H groups in total. The van der Waals surface area contributed by atoms with Crippen molar-refractivity contribution < 1.29 is 23.8 Å². The summed E-state index contributed by atoms with van der Waals surface area (Å²) in [6, 6.07) is 16.8. The number of ether oxygens (including phenoxy) is 2. The van der Waals surface area contributed by atoms with Gasteiger partial charge in [-0.1, -0.05) is 0 Å². The number of hydrogen-bond acceptors (Lipinski definition) is 6. The van der Waals surface area contributed by atoms with Gasteiger partial charge in [-0.2, -0.15) is 5.10 Å². The molecule has 2 heterocycles. The third kappa shape index (κ3) is 5.50. The summed E-state index contributed by atoms with van der Waals surface area (Å²) in [6.45, 7) is 4.30. The largest absolute Gasteiger partial charge is 0.503 e. The van der Waals surface area contributed by atoms with Crippen LogP contribution in [-0.2, 0) is 6.61 Å². The van der Waals surface area contributed by atoms with Crippen LogP contribution in [0, 0.1) is 13.8 Å². The molecule has 0 unspecified atom stereocenters. The highest BCUT2D eigenvalue weighted by Gasteiger charge is 2.15. The highest BCUT2D eigenvalue weighted by Crippen LogP contribution is 2.41. The van der Waals surface area contributed by atoms with Gasteiger partial charge in [0.05, 0.1) is 17.8 Å². The maximum absolute atomic E-state index is 12.4. The van der Waals surface area contributed by atoms with E-state index in [-0.39, 0.29) is 23.9 Å². The van der Waals surface area contributed by atoms with Crippen molar-refractivity contribution in [2.75, 3.05) is 7.11 Å². The number of benzene rings is 2. The minimum absolute atomic E-state index is 0.0436. The quantitative estimate of drug-likeness (QED) is 0.180. The minimum atomic E-state index is -0.514. The molecule has 2 aromatic carbocycles. The summed E-state index contributed by atoms with van der Waals surface area (Å²) < 4.78 is 19.7. The number of furan rings is 1. The fourth-order valence-electron chi connectivity index (χ4n) is 3.58. The van der Waals surface area contributed by atoms with Gasteiger partial charge in [-0.15, -0.1) is 0 Å². The van der Waals surface area contributed by atoms with Crippen LogP contribution in [0.5, 0.6) is 17.2 Å². The van der Waals surface area contributed by atoms with Gasteiger partial charge in [0.25, 0.3) is 0 Å². The molecule has 36 heavy (non-hydrogen) atoms. The Balaban J connectivity index is 1.34. The van der Waals surface area contributed by atoms with Gasteiger partial charge in [-0.25, -0.2) is 5.43 Å². The van der Waals surface area contributed by atoms with Gasteiger partial charge in [-0.3, -0.25) is 4.79 Å². The number of nitrogens with zero attached hydrogens (tertiary/aromatic N) is 2. The van der Waals surface area contributed by atoms with Crippen molar-refractivity contribution in [1.82, 2.24) is 9.99 Å². The van der Waals surface area contributed by atoms with Gasteiger partial charge in [0.15, 0.2) is 17.3 Å². The van der Waals surface area contributed by atoms with E-state index >= 15 is 0 Å². The van der Waals surface area contributed by atoms with Crippen LogP contribution in [0.15, 0.2) is 73.1 Å². The summed E-state index contributed by atoms with van der Waals surface area (Å²) in [4.78, 5) is 12.4. The van der Waals surface area contributed by atoms with Crippen LogP contribution in [0.4, 0.5) is 0 Å². The molecule has 0 spiro atoms. The molecule has 4 aromatic rings. The topological polar surface area (TPSA) is 98.2 Å². The van der Waals surface area contributed by atoms with Crippen LogP contribution in [0.3, 0.4) is 0 Å². The van der Waals surface area contributed by atoms with Crippen LogP contribution >= 0.6 is 31.9 Å². The Morgan fingerprint density at radius 1 is 1.08 bits per heavy atom. The minimum Gasteiger partial charge on any atom is -0.503 e. The number of halogens is 2. The van der Waals surface area contributed by atoms with Crippen molar-refractivity contribution in [3.63, 3.8) is 0 Å². The Morgan fingerprint density at radius 2 is 1.78 bits per heavy atom. The molecule has 0 fully saturated rings. The van der Waals surface area contributed by atoms with E-state index in [1.165, 1.54) is 13.3 Å². The van der Waals surface area contributed by atoms with Crippen molar-refractivity contribution in [3.8, 4) is 22.9 Å². The number of methoxy groups -OCH3 is 1. The molecular formula is C26H23Br2N3O5. The molecule has 10 heteroatoms. The molecule has 0 aliphatic carbocycles. The van der Waals surface area contributed by atoms with E-state index in [1.54, 1.807) is 18.2 Å². The Labute approximate surface area is 224 Å². The van der Waals surface area contributed by atoms with Gasteiger partial charge in [0.1, 0.15) is 18.1 Å². The predicted molar refractivity (Wildman–Crippen MR) is 143 cm³/mol. The van der Waals surface area contributed by atoms with E-state index in [9.17, 15) is 9.90 Å². The van der Waals surface area contributed by atoms with E-state index in [0.717, 1.165) is 17.1 Å². The summed E-state index contributed by atoms with van der Waals surface area (Å²) in [5, 5.41) is 14.0. The molecule has 0 bridgehead atoms. The molecule has 0 radical (unpaired) electrons. The lowest BCUT2D eigenvalue weighted by molar-refractivity contribution is 0.0923. The average Bonchev–Trinajstić information content (AvgIpc) is 3.49. The van der Waals surface area contributed by atoms with Gasteiger partial charge in [0, 0.05) is 27.1 Å². The fraction of sp³-hybridized carbons (Fsp3) is 0.154. The SMILES string of the molecule is COc1cc(/C=N/NC(=O)c2ccc(COc3ccc(-n4c(C)ccc4C)cc3)o2)c(Br)c(Br)c1O. The Bertz CT molecular complexity index is 1400. The number of rotatable bonds is 8. The van der Waals surface area contributed by atoms with E-state index in [2.05, 4.69) is 72.9 Å². The first-order valence-electron chi connectivity index (χ1n) is 10.8. The normalized spacial score (nSPS) is 11.1. The molecule has 0 aliphatic heterocycles. The number of phenolic OH excluding ortho intramolecular Hbond substituents is 1. The second-order valence-electron chi connectivity index (χ2n) is 7.84. The number of carbonyl (C=O) groups is 1. The lowest BCUT2D eigenvalue weighted by Crippen LogP contribution is -2.16. The second kappa shape index (κ2) is 11.0. The monoisotopic (exact) mass is 615 g/mol. The molecule has 0 saturated heterocycles. The van der Waals surface area contributed by atoms with Crippen LogP contribution in [0.1, 0.15) is 33.3 Å². The molecule has 2 aromatic heterocycles. The maximum Gasteiger partial charge on any atom is 0.307 e. The van der Waals surface area contributed by atoms with Gasteiger partial charge in [0.2, 0.25) is 0 Å².